The summed E-state index contributed by atoms with van der Waals surface area (Å²) in [5.41, 5.74) is 1.37. The lowest BCUT2D eigenvalue weighted by Gasteiger charge is -2.26. The Morgan fingerprint density at radius 2 is 1.76 bits per heavy atom. The van der Waals surface area contributed by atoms with Crippen molar-refractivity contribution in [1.29, 1.82) is 0 Å². The maximum Gasteiger partial charge on any atom is 0.332 e. The molecule has 4 rings (SSSR count). The molecule has 134 valence electrons. The fourth-order valence-electron chi connectivity index (χ4n) is 3.74. The third kappa shape index (κ3) is 2.43. The molecule has 1 aliphatic heterocycles. The number of rotatable bonds is 3. The van der Waals surface area contributed by atoms with Crippen molar-refractivity contribution < 1.29 is 0 Å². The molecule has 0 saturated carbocycles. The molecule has 1 saturated heterocycles. The molecule has 3 aromatic rings. The molecule has 25 heavy (non-hydrogen) atoms. The molecule has 0 radical (unpaired) electrons. The lowest BCUT2D eigenvalue weighted by molar-refractivity contribution is 0.218. The van der Waals surface area contributed by atoms with E-state index >= 15 is 0 Å². The number of likely N-dealkylation sites (tertiary alicyclic amines) is 1. The van der Waals surface area contributed by atoms with Gasteiger partial charge >= 0.3 is 5.69 Å². The van der Waals surface area contributed by atoms with E-state index in [0.29, 0.717) is 23.5 Å². The van der Waals surface area contributed by atoms with Gasteiger partial charge in [0.2, 0.25) is 5.78 Å². The Hall–Kier alpha value is -2.35. The fourth-order valence-corrected chi connectivity index (χ4v) is 3.74. The second kappa shape index (κ2) is 5.87. The summed E-state index contributed by atoms with van der Waals surface area (Å²) in [6.45, 7) is 5.21. The van der Waals surface area contributed by atoms with Crippen LogP contribution in [0.25, 0.3) is 16.9 Å². The molecule has 0 unspecified atom stereocenters. The van der Waals surface area contributed by atoms with E-state index < -0.39 is 0 Å². The largest absolute Gasteiger partial charge is 0.332 e. The van der Waals surface area contributed by atoms with E-state index in [1.807, 2.05) is 24.7 Å². The molecule has 0 aliphatic carbocycles. The number of aryl methyl sites for hydroxylation is 3. The molecular weight excluding hydrogens is 320 g/mol. The van der Waals surface area contributed by atoms with Gasteiger partial charge in [0.05, 0.1) is 0 Å². The molecule has 1 aliphatic rings. The predicted octanol–water partition coefficient (Wildman–Crippen LogP) is 0.481. The molecule has 8 nitrogen and oxygen atoms in total. The van der Waals surface area contributed by atoms with Gasteiger partial charge in [0.25, 0.3) is 5.56 Å². The maximum absolute atomic E-state index is 13.0. The minimum atomic E-state index is -0.297. The van der Waals surface area contributed by atoms with Crippen LogP contribution in [0.2, 0.25) is 0 Å². The van der Waals surface area contributed by atoms with Gasteiger partial charge in [-0.15, -0.1) is 0 Å². The highest BCUT2D eigenvalue weighted by molar-refractivity contribution is 5.75. The Bertz CT molecular complexity index is 1060. The minimum Gasteiger partial charge on any atom is -0.317 e. The molecule has 8 heteroatoms. The first-order valence-corrected chi connectivity index (χ1v) is 8.85. The van der Waals surface area contributed by atoms with Crippen LogP contribution in [0.3, 0.4) is 0 Å². The molecule has 0 N–H and O–H groups in total. The lowest BCUT2D eigenvalue weighted by Crippen LogP contribution is -2.43. The number of hydrogen-bond acceptors (Lipinski definition) is 4. The van der Waals surface area contributed by atoms with Gasteiger partial charge in [0, 0.05) is 39.1 Å². The number of imidazole rings is 2. The lowest BCUT2D eigenvalue weighted by atomic mass is 10.1. The summed E-state index contributed by atoms with van der Waals surface area (Å²) >= 11 is 0. The summed E-state index contributed by atoms with van der Waals surface area (Å²) < 4.78 is 6.55. The monoisotopic (exact) mass is 344 g/mol. The van der Waals surface area contributed by atoms with Crippen molar-refractivity contribution in [1.82, 2.24) is 28.0 Å². The molecule has 1 fully saturated rings. The van der Waals surface area contributed by atoms with Gasteiger partial charge in [-0.3, -0.25) is 18.3 Å². The Labute approximate surface area is 144 Å². The summed E-state index contributed by atoms with van der Waals surface area (Å²) in [7, 11) is 3.59. The highest BCUT2D eigenvalue weighted by Gasteiger charge is 2.19. The zero-order valence-corrected chi connectivity index (χ0v) is 15.0. The van der Waals surface area contributed by atoms with Crippen LogP contribution >= 0.6 is 0 Å². The Kier molecular flexibility index (Phi) is 3.79. The van der Waals surface area contributed by atoms with Crippen LogP contribution in [0.5, 0.6) is 0 Å². The predicted molar refractivity (Wildman–Crippen MR) is 96.2 cm³/mol. The van der Waals surface area contributed by atoms with Gasteiger partial charge in [-0.05, 0) is 32.9 Å². The van der Waals surface area contributed by atoms with E-state index in [9.17, 15) is 9.59 Å². The molecular formula is C17H24N6O2. The average molecular weight is 344 g/mol. The average Bonchev–Trinajstić information content (AvgIpc) is 3.11. The second-order valence-electron chi connectivity index (χ2n) is 6.98. The molecule has 4 heterocycles. The SMILES string of the molecule is Cc1cn2c3c(=O)n(CCN4CCCCC4)c(=O)n(C)c3nc2n1C. The van der Waals surface area contributed by atoms with Crippen molar-refractivity contribution in [3.8, 4) is 0 Å². The van der Waals surface area contributed by atoms with E-state index in [1.165, 1.54) is 28.4 Å². The number of nitrogens with zero attached hydrogens (tertiary/aromatic N) is 6. The van der Waals surface area contributed by atoms with Crippen molar-refractivity contribution >= 4 is 16.9 Å². The van der Waals surface area contributed by atoms with E-state index in [-0.39, 0.29) is 11.2 Å². The first-order chi connectivity index (χ1) is 12.0. The third-order valence-corrected chi connectivity index (χ3v) is 5.39. The summed E-state index contributed by atoms with van der Waals surface area (Å²) in [6, 6.07) is 0. The van der Waals surface area contributed by atoms with Crippen LogP contribution in [0, 0.1) is 6.92 Å². The third-order valence-electron chi connectivity index (χ3n) is 5.39. The number of hydrogen-bond donors (Lipinski definition) is 0. The van der Waals surface area contributed by atoms with E-state index in [4.69, 9.17) is 0 Å². The van der Waals surface area contributed by atoms with Gasteiger partial charge in [0.15, 0.2) is 11.2 Å². The highest BCUT2D eigenvalue weighted by Crippen LogP contribution is 2.14. The number of fused-ring (bicyclic) bond motifs is 3. The van der Waals surface area contributed by atoms with Crippen LogP contribution in [0.15, 0.2) is 15.8 Å². The second-order valence-corrected chi connectivity index (χ2v) is 6.98. The number of aromatic nitrogens is 5. The van der Waals surface area contributed by atoms with Crippen LogP contribution < -0.4 is 11.2 Å². The summed E-state index contributed by atoms with van der Waals surface area (Å²) in [5, 5.41) is 0. The molecule has 0 amide bonds. The van der Waals surface area contributed by atoms with Crippen LogP contribution in [-0.2, 0) is 20.6 Å². The van der Waals surface area contributed by atoms with Crippen molar-refractivity contribution in [2.75, 3.05) is 19.6 Å². The van der Waals surface area contributed by atoms with Gasteiger partial charge in [-0.25, -0.2) is 4.79 Å². The molecule has 0 spiro atoms. The van der Waals surface area contributed by atoms with Gasteiger partial charge in [-0.1, -0.05) is 6.42 Å². The van der Waals surface area contributed by atoms with Crippen molar-refractivity contribution in [3.63, 3.8) is 0 Å². The van der Waals surface area contributed by atoms with Crippen molar-refractivity contribution in [2.24, 2.45) is 14.1 Å². The highest BCUT2D eigenvalue weighted by atomic mass is 16.2. The Balaban J connectivity index is 1.83. The van der Waals surface area contributed by atoms with Gasteiger partial charge in [0.1, 0.15) is 0 Å². The quantitative estimate of drug-likeness (QED) is 0.693. The summed E-state index contributed by atoms with van der Waals surface area (Å²) in [4.78, 5) is 32.6. The topological polar surface area (TPSA) is 69.5 Å². The maximum atomic E-state index is 13.0. The van der Waals surface area contributed by atoms with Crippen LogP contribution in [0.4, 0.5) is 0 Å². The Morgan fingerprint density at radius 3 is 2.48 bits per heavy atom. The molecule has 0 aromatic carbocycles. The van der Waals surface area contributed by atoms with Crippen molar-refractivity contribution in [3.05, 3.63) is 32.7 Å². The molecule has 3 aromatic heterocycles. The van der Waals surface area contributed by atoms with Gasteiger partial charge < -0.3 is 9.47 Å². The number of piperidine rings is 1. The zero-order chi connectivity index (χ0) is 17.7. The Morgan fingerprint density at radius 1 is 1.04 bits per heavy atom. The fraction of sp³-hybridized carbons (Fsp3) is 0.588. The minimum absolute atomic E-state index is 0.256. The van der Waals surface area contributed by atoms with Crippen LogP contribution in [-0.4, -0.2) is 47.6 Å². The normalized spacial score (nSPS) is 16.3. The summed E-state index contributed by atoms with van der Waals surface area (Å²) in [6.07, 6.45) is 5.55. The first kappa shape index (κ1) is 16.1. The standard InChI is InChI=1S/C17H24N6O2/c1-12-11-23-13-14(18-16(23)19(12)2)20(3)17(25)22(15(13)24)10-9-21-7-5-4-6-8-21/h11H,4-10H2,1-3H3. The first-order valence-electron chi connectivity index (χ1n) is 8.85. The summed E-state index contributed by atoms with van der Waals surface area (Å²) in [5.74, 6) is 0.674. The molecule has 0 atom stereocenters. The van der Waals surface area contributed by atoms with E-state index in [2.05, 4.69) is 9.88 Å². The molecule has 0 bridgehead atoms. The van der Waals surface area contributed by atoms with Crippen molar-refractivity contribution in [2.45, 2.75) is 32.7 Å². The van der Waals surface area contributed by atoms with E-state index in [1.54, 1.807) is 11.4 Å². The van der Waals surface area contributed by atoms with E-state index in [0.717, 1.165) is 25.3 Å². The van der Waals surface area contributed by atoms with Crippen LogP contribution in [0.1, 0.15) is 25.0 Å². The zero-order valence-electron chi connectivity index (χ0n) is 15.0. The van der Waals surface area contributed by atoms with Gasteiger partial charge in [-0.2, -0.15) is 4.98 Å². The smallest absolute Gasteiger partial charge is 0.317 e.